The standard InChI is InChI=1S/C5H10N2O3S/c8-4-6-11(9,10)7-5-2-1-3-5/h4-5,7H,1-3H2,(H,6,8). The average Bonchev–Trinajstić information content (AvgIpc) is 1.79. The van der Waals surface area contributed by atoms with E-state index in [4.69, 9.17) is 0 Å². The molecule has 1 amide bonds. The summed E-state index contributed by atoms with van der Waals surface area (Å²) in [5.41, 5.74) is 0. The molecule has 0 heterocycles. The van der Waals surface area contributed by atoms with Crippen molar-refractivity contribution in [2.45, 2.75) is 25.3 Å². The summed E-state index contributed by atoms with van der Waals surface area (Å²) in [5.74, 6) is 0. The van der Waals surface area contributed by atoms with Gasteiger partial charge >= 0.3 is 10.2 Å². The molecule has 1 saturated carbocycles. The highest BCUT2D eigenvalue weighted by molar-refractivity contribution is 7.88. The van der Waals surface area contributed by atoms with Crippen LogP contribution in [0.4, 0.5) is 0 Å². The third kappa shape index (κ3) is 2.47. The van der Waals surface area contributed by atoms with Gasteiger partial charge in [0.1, 0.15) is 0 Å². The van der Waals surface area contributed by atoms with Crippen LogP contribution in [0.5, 0.6) is 0 Å². The van der Waals surface area contributed by atoms with Crippen LogP contribution >= 0.6 is 0 Å². The van der Waals surface area contributed by atoms with Crippen molar-refractivity contribution >= 4 is 16.6 Å². The molecule has 0 radical (unpaired) electrons. The van der Waals surface area contributed by atoms with Gasteiger partial charge in [0.15, 0.2) is 0 Å². The lowest BCUT2D eigenvalue weighted by Crippen LogP contribution is -2.45. The van der Waals surface area contributed by atoms with Gasteiger partial charge in [0.05, 0.1) is 0 Å². The lowest BCUT2D eigenvalue weighted by atomic mass is 9.94. The number of carbonyl (C=O) groups is 1. The summed E-state index contributed by atoms with van der Waals surface area (Å²) < 4.78 is 25.6. The van der Waals surface area contributed by atoms with Gasteiger partial charge in [-0.25, -0.2) is 4.72 Å². The predicted octanol–water partition coefficient (Wildman–Crippen LogP) is -0.881. The van der Waals surface area contributed by atoms with Gasteiger partial charge in [-0.05, 0) is 12.8 Å². The van der Waals surface area contributed by atoms with Gasteiger partial charge in [0.25, 0.3) is 0 Å². The van der Waals surface area contributed by atoms with Crippen molar-refractivity contribution in [3.63, 3.8) is 0 Å². The number of hydrogen-bond acceptors (Lipinski definition) is 3. The molecule has 0 spiro atoms. The van der Waals surface area contributed by atoms with Crippen molar-refractivity contribution in [2.75, 3.05) is 0 Å². The molecule has 1 fully saturated rings. The molecule has 2 N–H and O–H groups in total. The van der Waals surface area contributed by atoms with E-state index in [-0.39, 0.29) is 12.5 Å². The van der Waals surface area contributed by atoms with Crippen molar-refractivity contribution in [1.29, 1.82) is 0 Å². The molecule has 0 aromatic carbocycles. The van der Waals surface area contributed by atoms with Crippen molar-refractivity contribution in [2.24, 2.45) is 0 Å². The van der Waals surface area contributed by atoms with Crippen LogP contribution < -0.4 is 9.44 Å². The fraction of sp³-hybridized carbons (Fsp3) is 0.800. The average molecular weight is 178 g/mol. The second kappa shape index (κ2) is 3.19. The second-order valence-corrected chi connectivity index (χ2v) is 3.96. The zero-order valence-corrected chi connectivity index (χ0v) is 6.73. The molecular weight excluding hydrogens is 168 g/mol. The summed E-state index contributed by atoms with van der Waals surface area (Å²) in [6.45, 7) is 0. The quantitative estimate of drug-likeness (QED) is 0.549. The van der Waals surface area contributed by atoms with Crippen molar-refractivity contribution in [3.05, 3.63) is 0 Å². The Kier molecular flexibility index (Phi) is 2.45. The highest BCUT2D eigenvalue weighted by atomic mass is 32.2. The molecule has 1 aliphatic carbocycles. The van der Waals surface area contributed by atoms with E-state index in [0.717, 1.165) is 19.3 Å². The van der Waals surface area contributed by atoms with E-state index in [2.05, 4.69) is 4.72 Å². The minimum Gasteiger partial charge on any atom is -0.278 e. The summed E-state index contributed by atoms with van der Waals surface area (Å²) in [5, 5.41) is 0. The number of amides is 1. The molecule has 0 saturated heterocycles. The number of nitrogens with one attached hydrogen (secondary N) is 2. The zero-order chi connectivity index (χ0) is 8.32. The minimum atomic E-state index is -3.56. The van der Waals surface area contributed by atoms with Crippen LogP contribution in [-0.4, -0.2) is 20.9 Å². The smallest absolute Gasteiger partial charge is 0.278 e. The van der Waals surface area contributed by atoms with Crippen molar-refractivity contribution < 1.29 is 13.2 Å². The number of rotatable bonds is 4. The van der Waals surface area contributed by atoms with Crippen LogP contribution in [0, 0.1) is 0 Å². The van der Waals surface area contributed by atoms with E-state index in [1.54, 1.807) is 4.72 Å². The van der Waals surface area contributed by atoms with Gasteiger partial charge in [-0.2, -0.15) is 13.1 Å². The third-order valence-corrected chi connectivity index (χ3v) is 2.68. The Morgan fingerprint density at radius 2 is 2.00 bits per heavy atom. The van der Waals surface area contributed by atoms with Gasteiger partial charge in [0.2, 0.25) is 6.41 Å². The maximum atomic E-state index is 10.8. The molecule has 6 heteroatoms. The Labute approximate surface area is 65.4 Å². The lowest BCUT2D eigenvalue weighted by molar-refractivity contribution is -0.108. The van der Waals surface area contributed by atoms with E-state index in [1.165, 1.54) is 0 Å². The summed E-state index contributed by atoms with van der Waals surface area (Å²) in [4.78, 5) is 9.78. The molecule has 0 bridgehead atoms. The van der Waals surface area contributed by atoms with E-state index in [9.17, 15) is 13.2 Å². The van der Waals surface area contributed by atoms with E-state index in [1.807, 2.05) is 0 Å². The van der Waals surface area contributed by atoms with Gasteiger partial charge in [0, 0.05) is 6.04 Å². The Hall–Kier alpha value is -0.620. The molecule has 1 aliphatic rings. The highest BCUT2D eigenvalue weighted by Gasteiger charge is 2.22. The molecule has 1 rings (SSSR count). The van der Waals surface area contributed by atoms with Crippen LogP contribution in [0.3, 0.4) is 0 Å². The highest BCUT2D eigenvalue weighted by Crippen LogP contribution is 2.18. The lowest BCUT2D eigenvalue weighted by Gasteiger charge is -2.25. The Balaban J connectivity index is 2.38. The summed E-state index contributed by atoms with van der Waals surface area (Å²) in [7, 11) is -3.56. The fourth-order valence-electron chi connectivity index (χ4n) is 0.843. The van der Waals surface area contributed by atoms with E-state index in [0.29, 0.717) is 0 Å². The molecule has 0 aromatic rings. The Morgan fingerprint density at radius 3 is 2.36 bits per heavy atom. The molecule has 64 valence electrons. The first kappa shape index (κ1) is 8.48. The van der Waals surface area contributed by atoms with Gasteiger partial charge in [-0.3, -0.25) is 4.79 Å². The molecular formula is C5H10N2O3S. The second-order valence-electron chi connectivity index (χ2n) is 2.48. The molecule has 5 nitrogen and oxygen atoms in total. The maximum absolute atomic E-state index is 10.8. The first-order valence-electron chi connectivity index (χ1n) is 3.37. The van der Waals surface area contributed by atoms with Crippen LogP contribution in [0.15, 0.2) is 0 Å². The van der Waals surface area contributed by atoms with E-state index >= 15 is 0 Å². The van der Waals surface area contributed by atoms with Crippen LogP contribution in [0.2, 0.25) is 0 Å². The van der Waals surface area contributed by atoms with Gasteiger partial charge in [-0.1, -0.05) is 6.42 Å². The molecule has 0 aromatic heterocycles. The monoisotopic (exact) mass is 178 g/mol. The molecule has 11 heavy (non-hydrogen) atoms. The van der Waals surface area contributed by atoms with Crippen LogP contribution in [0.25, 0.3) is 0 Å². The molecule has 0 unspecified atom stereocenters. The van der Waals surface area contributed by atoms with Gasteiger partial charge < -0.3 is 0 Å². The summed E-state index contributed by atoms with van der Waals surface area (Å²) in [6, 6.07) is 0.0208. The minimum absolute atomic E-state index is 0.0208. The third-order valence-electron chi connectivity index (χ3n) is 1.63. The number of carbonyl (C=O) groups excluding carboxylic acids is 1. The predicted molar refractivity (Wildman–Crippen MR) is 38.9 cm³/mol. The maximum Gasteiger partial charge on any atom is 0.301 e. The first-order chi connectivity index (χ1) is 5.14. The zero-order valence-electron chi connectivity index (χ0n) is 5.91. The molecule has 0 atom stereocenters. The largest absolute Gasteiger partial charge is 0.301 e. The number of hydrogen-bond donors (Lipinski definition) is 2. The first-order valence-corrected chi connectivity index (χ1v) is 4.85. The van der Waals surface area contributed by atoms with Crippen LogP contribution in [-0.2, 0) is 15.0 Å². The Bertz CT molecular complexity index is 232. The van der Waals surface area contributed by atoms with Crippen molar-refractivity contribution in [3.8, 4) is 0 Å². The van der Waals surface area contributed by atoms with Crippen molar-refractivity contribution in [1.82, 2.24) is 9.44 Å². The Morgan fingerprint density at radius 1 is 1.36 bits per heavy atom. The van der Waals surface area contributed by atoms with Crippen LogP contribution in [0.1, 0.15) is 19.3 Å². The normalized spacial score (nSPS) is 18.9. The summed E-state index contributed by atoms with van der Waals surface area (Å²) >= 11 is 0. The summed E-state index contributed by atoms with van der Waals surface area (Å²) in [6.07, 6.45) is 2.93. The molecule has 0 aliphatic heterocycles. The fourth-order valence-corrected chi connectivity index (χ4v) is 1.71. The SMILES string of the molecule is O=CNS(=O)(=O)NC1CCC1. The van der Waals surface area contributed by atoms with Gasteiger partial charge in [-0.15, -0.1) is 0 Å². The van der Waals surface area contributed by atoms with E-state index < -0.39 is 10.2 Å². The topological polar surface area (TPSA) is 75.3 Å².